The number of esters is 1. The van der Waals surface area contributed by atoms with Crippen molar-refractivity contribution in [1.82, 2.24) is 0 Å². The Hall–Kier alpha value is -2.24. The Morgan fingerprint density at radius 1 is 1.39 bits per heavy atom. The van der Waals surface area contributed by atoms with Gasteiger partial charge in [0.2, 0.25) is 5.91 Å². The van der Waals surface area contributed by atoms with Gasteiger partial charge in [-0.3, -0.25) is 9.59 Å². The van der Waals surface area contributed by atoms with Gasteiger partial charge in [-0.1, -0.05) is 0 Å². The number of carbonyl (C=O) groups excluding carboxylic acids is 3. The summed E-state index contributed by atoms with van der Waals surface area (Å²) in [6.45, 7) is -0.0505. The van der Waals surface area contributed by atoms with Gasteiger partial charge in [-0.15, -0.1) is 0 Å². The van der Waals surface area contributed by atoms with Gasteiger partial charge < -0.3 is 9.64 Å². The van der Waals surface area contributed by atoms with Crippen LogP contribution in [0.2, 0.25) is 0 Å². The van der Waals surface area contributed by atoms with Crippen LogP contribution in [0.5, 0.6) is 0 Å². The third-order valence-electron chi connectivity index (χ3n) is 2.65. The summed E-state index contributed by atoms with van der Waals surface area (Å²) in [7, 11) is 1.14. The monoisotopic (exact) mass is 251 g/mol. The highest BCUT2D eigenvalue weighted by Crippen LogP contribution is 2.23. The predicted molar refractivity (Wildman–Crippen MR) is 59.7 cm³/mol. The summed E-state index contributed by atoms with van der Waals surface area (Å²) in [6.07, 6.45) is -0.162. The topological polar surface area (TPSA) is 63.7 Å². The van der Waals surface area contributed by atoms with Crippen LogP contribution in [0.4, 0.5) is 10.1 Å². The number of Topliss-reactive ketones (excluding diaryl/α,β-unsaturated/α-hetero) is 1. The second-order valence-corrected chi connectivity index (χ2v) is 3.85. The van der Waals surface area contributed by atoms with Crippen LogP contribution in [0, 0.1) is 5.82 Å². The molecular formula is C12H10FNO4. The van der Waals surface area contributed by atoms with E-state index in [4.69, 9.17) is 0 Å². The van der Waals surface area contributed by atoms with Crippen LogP contribution in [-0.2, 0) is 14.3 Å². The van der Waals surface area contributed by atoms with Crippen LogP contribution < -0.4 is 4.90 Å². The van der Waals surface area contributed by atoms with Gasteiger partial charge in [0.05, 0.1) is 25.6 Å². The standard InChI is InChI=1S/C12H10FNO4/c1-18-12(17)9-4-7(2-3-10(9)13)14-6-8(15)5-11(14)16/h2-4H,5-6H2,1H3. The van der Waals surface area contributed by atoms with E-state index in [1.807, 2.05) is 0 Å². The largest absolute Gasteiger partial charge is 0.465 e. The van der Waals surface area contributed by atoms with Gasteiger partial charge in [0, 0.05) is 5.69 Å². The van der Waals surface area contributed by atoms with Crippen molar-refractivity contribution in [1.29, 1.82) is 0 Å². The summed E-state index contributed by atoms with van der Waals surface area (Å²) in [6, 6.07) is 3.62. The smallest absolute Gasteiger partial charge is 0.340 e. The van der Waals surface area contributed by atoms with Crippen molar-refractivity contribution in [3.8, 4) is 0 Å². The molecule has 94 valence electrons. The molecule has 0 saturated carbocycles. The summed E-state index contributed by atoms with van der Waals surface area (Å²) in [5.41, 5.74) is 0.0507. The second-order valence-electron chi connectivity index (χ2n) is 3.85. The average Bonchev–Trinajstić information content (AvgIpc) is 2.68. The first kappa shape index (κ1) is 12.2. The zero-order chi connectivity index (χ0) is 13.3. The quantitative estimate of drug-likeness (QED) is 0.579. The summed E-state index contributed by atoms with van der Waals surface area (Å²) in [4.78, 5) is 35.2. The molecule has 0 N–H and O–H groups in total. The first-order valence-corrected chi connectivity index (χ1v) is 5.23. The number of hydrogen-bond donors (Lipinski definition) is 0. The van der Waals surface area contributed by atoms with Crippen molar-refractivity contribution in [2.24, 2.45) is 0 Å². The summed E-state index contributed by atoms with van der Waals surface area (Å²) >= 11 is 0. The fraction of sp³-hybridized carbons (Fsp3) is 0.250. The Bertz CT molecular complexity index is 541. The minimum atomic E-state index is -0.827. The van der Waals surface area contributed by atoms with Gasteiger partial charge >= 0.3 is 5.97 Å². The van der Waals surface area contributed by atoms with E-state index in [-0.39, 0.29) is 30.2 Å². The first-order chi connectivity index (χ1) is 8.52. The van der Waals surface area contributed by atoms with Gasteiger partial charge in [0.15, 0.2) is 5.78 Å². The number of ether oxygens (including phenoxy) is 1. The lowest BCUT2D eigenvalue weighted by Gasteiger charge is -2.15. The number of ketones is 1. The molecule has 1 aromatic carbocycles. The van der Waals surface area contributed by atoms with Crippen molar-refractivity contribution in [3.05, 3.63) is 29.6 Å². The van der Waals surface area contributed by atoms with E-state index in [0.717, 1.165) is 13.2 Å². The molecule has 6 heteroatoms. The number of nitrogens with zero attached hydrogens (tertiary/aromatic N) is 1. The number of anilines is 1. The lowest BCUT2D eigenvalue weighted by atomic mass is 10.1. The summed E-state index contributed by atoms with van der Waals surface area (Å²) in [5.74, 6) is -2.12. The van der Waals surface area contributed by atoms with E-state index in [2.05, 4.69) is 4.74 Å². The predicted octanol–water partition coefficient (Wildman–Crippen LogP) is 0.918. The maximum absolute atomic E-state index is 13.4. The first-order valence-electron chi connectivity index (χ1n) is 5.23. The van der Waals surface area contributed by atoms with Gasteiger partial charge in [-0.2, -0.15) is 0 Å². The molecule has 0 radical (unpaired) electrons. The summed E-state index contributed by atoms with van der Waals surface area (Å²) in [5, 5.41) is 0. The van der Waals surface area contributed by atoms with Crippen molar-refractivity contribution >= 4 is 23.3 Å². The van der Waals surface area contributed by atoms with Gasteiger partial charge in [0.25, 0.3) is 0 Å². The van der Waals surface area contributed by atoms with Gasteiger partial charge in [0.1, 0.15) is 5.82 Å². The Morgan fingerprint density at radius 3 is 2.67 bits per heavy atom. The normalized spacial score (nSPS) is 15.1. The molecule has 0 spiro atoms. The molecule has 1 saturated heterocycles. The zero-order valence-corrected chi connectivity index (χ0v) is 9.60. The van der Waals surface area contributed by atoms with Crippen LogP contribution in [0.25, 0.3) is 0 Å². The molecule has 0 aromatic heterocycles. The molecule has 18 heavy (non-hydrogen) atoms. The number of amides is 1. The third kappa shape index (κ3) is 2.09. The van der Waals surface area contributed by atoms with Crippen LogP contribution in [-0.4, -0.2) is 31.3 Å². The van der Waals surface area contributed by atoms with E-state index >= 15 is 0 Å². The average molecular weight is 251 g/mol. The second kappa shape index (κ2) is 4.56. The molecule has 1 amide bonds. The molecule has 0 aliphatic carbocycles. The molecule has 0 atom stereocenters. The molecule has 1 aliphatic rings. The molecule has 1 heterocycles. The molecule has 1 aliphatic heterocycles. The summed E-state index contributed by atoms with van der Waals surface area (Å²) < 4.78 is 17.8. The van der Waals surface area contributed by atoms with E-state index in [9.17, 15) is 18.8 Å². The molecule has 5 nitrogen and oxygen atoms in total. The van der Waals surface area contributed by atoms with Crippen LogP contribution in [0.3, 0.4) is 0 Å². The van der Waals surface area contributed by atoms with Gasteiger partial charge in [-0.05, 0) is 18.2 Å². The Labute approximate surface area is 102 Å². The van der Waals surface area contributed by atoms with E-state index in [0.29, 0.717) is 5.69 Å². The Balaban J connectivity index is 2.38. The molecule has 0 unspecified atom stereocenters. The third-order valence-corrected chi connectivity index (χ3v) is 2.65. The lowest BCUT2D eigenvalue weighted by Crippen LogP contribution is -2.25. The molecule has 2 rings (SSSR count). The Kier molecular flexibility index (Phi) is 3.10. The lowest BCUT2D eigenvalue weighted by molar-refractivity contribution is -0.121. The van der Waals surface area contributed by atoms with E-state index < -0.39 is 11.8 Å². The van der Waals surface area contributed by atoms with Crippen molar-refractivity contribution < 1.29 is 23.5 Å². The van der Waals surface area contributed by atoms with Crippen molar-refractivity contribution in [3.63, 3.8) is 0 Å². The van der Waals surface area contributed by atoms with Crippen LogP contribution in [0.15, 0.2) is 18.2 Å². The maximum Gasteiger partial charge on any atom is 0.340 e. The molecular weight excluding hydrogens is 241 g/mol. The van der Waals surface area contributed by atoms with Crippen molar-refractivity contribution in [2.45, 2.75) is 6.42 Å². The number of methoxy groups -OCH3 is 1. The van der Waals surface area contributed by atoms with E-state index in [1.54, 1.807) is 0 Å². The number of halogens is 1. The molecule has 1 fully saturated rings. The van der Waals surface area contributed by atoms with Crippen LogP contribution >= 0.6 is 0 Å². The van der Waals surface area contributed by atoms with Gasteiger partial charge in [-0.25, -0.2) is 9.18 Å². The Morgan fingerprint density at radius 2 is 2.11 bits per heavy atom. The molecule has 1 aromatic rings. The number of carbonyl (C=O) groups is 3. The number of benzene rings is 1. The number of rotatable bonds is 2. The maximum atomic E-state index is 13.4. The highest BCUT2D eigenvalue weighted by atomic mass is 19.1. The molecule has 0 bridgehead atoms. The SMILES string of the molecule is COC(=O)c1cc(N2CC(=O)CC2=O)ccc1F. The van der Waals surface area contributed by atoms with Crippen molar-refractivity contribution in [2.75, 3.05) is 18.6 Å². The minimum Gasteiger partial charge on any atom is -0.465 e. The zero-order valence-electron chi connectivity index (χ0n) is 9.60. The highest BCUT2D eigenvalue weighted by Gasteiger charge is 2.29. The highest BCUT2D eigenvalue weighted by molar-refractivity contribution is 6.15. The van der Waals surface area contributed by atoms with Crippen LogP contribution in [0.1, 0.15) is 16.8 Å². The minimum absolute atomic E-state index is 0.0505. The fourth-order valence-electron chi connectivity index (χ4n) is 1.77. The van der Waals surface area contributed by atoms with E-state index in [1.165, 1.54) is 17.0 Å². The fourth-order valence-corrected chi connectivity index (χ4v) is 1.77. The number of hydrogen-bond acceptors (Lipinski definition) is 4.